The standard InChI is InChI=1S/C16H22N2S/c1-17-16(19)18(12-14-8-4-2-5-9-14)13-15-10-6-3-7-11-15/h2-6,8-9,15H,7,10-13H2,1H3,(H,17,19). The van der Waals surface area contributed by atoms with Gasteiger partial charge in [0.05, 0.1) is 0 Å². The minimum absolute atomic E-state index is 0.722. The summed E-state index contributed by atoms with van der Waals surface area (Å²) in [4.78, 5) is 2.29. The van der Waals surface area contributed by atoms with Crippen LogP contribution in [0.3, 0.4) is 0 Å². The second-order valence-electron chi connectivity index (χ2n) is 5.07. The van der Waals surface area contributed by atoms with Crippen molar-refractivity contribution in [1.82, 2.24) is 10.2 Å². The third-order valence-electron chi connectivity index (χ3n) is 3.57. The molecule has 102 valence electrons. The Morgan fingerprint density at radius 1 is 1.32 bits per heavy atom. The number of rotatable bonds is 4. The highest BCUT2D eigenvalue weighted by Gasteiger charge is 2.16. The van der Waals surface area contributed by atoms with Crippen molar-refractivity contribution in [2.45, 2.75) is 25.8 Å². The van der Waals surface area contributed by atoms with E-state index < -0.39 is 0 Å². The summed E-state index contributed by atoms with van der Waals surface area (Å²) in [5.74, 6) is 0.722. The SMILES string of the molecule is CNC(=S)N(Cc1ccccc1)CC1CC=CCC1. The summed E-state index contributed by atoms with van der Waals surface area (Å²) in [7, 11) is 1.90. The summed E-state index contributed by atoms with van der Waals surface area (Å²) in [6, 6.07) is 10.5. The van der Waals surface area contributed by atoms with E-state index >= 15 is 0 Å². The Hall–Kier alpha value is -1.35. The zero-order valence-corrected chi connectivity index (χ0v) is 12.3. The zero-order valence-electron chi connectivity index (χ0n) is 11.5. The first-order valence-corrected chi connectivity index (χ1v) is 7.36. The molecular formula is C16H22N2S. The second kappa shape index (κ2) is 7.29. The Morgan fingerprint density at radius 2 is 2.11 bits per heavy atom. The molecule has 2 nitrogen and oxygen atoms in total. The van der Waals surface area contributed by atoms with Crippen LogP contribution in [0, 0.1) is 5.92 Å². The highest BCUT2D eigenvalue weighted by Crippen LogP contribution is 2.20. The topological polar surface area (TPSA) is 15.3 Å². The van der Waals surface area contributed by atoms with Crippen molar-refractivity contribution >= 4 is 17.3 Å². The molecule has 1 N–H and O–H groups in total. The predicted molar refractivity (Wildman–Crippen MR) is 85.0 cm³/mol. The van der Waals surface area contributed by atoms with Crippen molar-refractivity contribution in [2.24, 2.45) is 5.92 Å². The van der Waals surface area contributed by atoms with Crippen LogP contribution in [0.15, 0.2) is 42.5 Å². The van der Waals surface area contributed by atoms with E-state index in [0.29, 0.717) is 0 Å². The monoisotopic (exact) mass is 274 g/mol. The Morgan fingerprint density at radius 3 is 2.74 bits per heavy atom. The molecule has 0 saturated carbocycles. The Labute approximate surface area is 121 Å². The van der Waals surface area contributed by atoms with Gasteiger partial charge in [-0.1, -0.05) is 42.5 Å². The first-order chi connectivity index (χ1) is 9.29. The van der Waals surface area contributed by atoms with Crippen LogP contribution in [0.2, 0.25) is 0 Å². The molecule has 1 aliphatic rings. The molecule has 0 spiro atoms. The third-order valence-corrected chi connectivity index (χ3v) is 4.04. The number of thiocarbonyl (C=S) groups is 1. The minimum Gasteiger partial charge on any atom is -0.366 e. The largest absolute Gasteiger partial charge is 0.366 e. The number of hydrogen-bond acceptors (Lipinski definition) is 1. The fourth-order valence-electron chi connectivity index (χ4n) is 2.51. The number of hydrogen-bond donors (Lipinski definition) is 1. The van der Waals surface area contributed by atoms with Crippen molar-refractivity contribution in [1.29, 1.82) is 0 Å². The predicted octanol–water partition coefficient (Wildman–Crippen LogP) is 3.35. The Bertz CT molecular complexity index is 428. The minimum atomic E-state index is 0.722. The summed E-state index contributed by atoms with van der Waals surface area (Å²) < 4.78 is 0. The summed E-state index contributed by atoms with van der Waals surface area (Å²) >= 11 is 5.44. The van der Waals surface area contributed by atoms with Crippen LogP contribution in [0.5, 0.6) is 0 Å². The third kappa shape index (κ3) is 4.35. The van der Waals surface area contributed by atoms with Gasteiger partial charge in [-0.25, -0.2) is 0 Å². The van der Waals surface area contributed by atoms with Crippen molar-refractivity contribution in [3.05, 3.63) is 48.0 Å². The van der Waals surface area contributed by atoms with Gasteiger partial charge in [-0.15, -0.1) is 0 Å². The van der Waals surface area contributed by atoms with Gasteiger partial charge in [0.2, 0.25) is 0 Å². The van der Waals surface area contributed by atoms with E-state index in [4.69, 9.17) is 12.2 Å². The lowest BCUT2D eigenvalue weighted by Gasteiger charge is -2.30. The first kappa shape index (κ1) is 14.1. The molecule has 1 aliphatic carbocycles. The number of allylic oxidation sites excluding steroid dienone is 2. The molecule has 3 heteroatoms. The van der Waals surface area contributed by atoms with E-state index in [1.807, 2.05) is 7.05 Å². The molecule has 0 amide bonds. The summed E-state index contributed by atoms with van der Waals surface area (Å²) in [6.07, 6.45) is 8.24. The van der Waals surface area contributed by atoms with E-state index in [9.17, 15) is 0 Å². The van der Waals surface area contributed by atoms with Gasteiger partial charge in [0, 0.05) is 20.1 Å². The molecule has 0 fully saturated rings. The maximum absolute atomic E-state index is 5.44. The lowest BCUT2D eigenvalue weighted by molar-refractivity contribution is 0.314. The zero-order chi connectivity index (χ0) is 13.5. The molecule has 1 aromatic rings. The maximum atomic E-state index is 5.44. The van der Waals surface area contributed by atoms with Crippen LogP contribution < -0.4 is 5.32 Å². The fraction of sp³-hybridized carbons (Fsp3) is 0.438. The van der Waals surface area contributed by atoms with E-state index in [2.05, 4.69) is 52.7 Å². The van der Waals surface area contributed by atoms with Gasteiger partial charge in [-0.05, 0) is 43.0 Å². The Kier molecular flexibility index (Phi) is 5.40. The van der Waals surface area contributed by atoms with Gasteiger partial charge >= 0.3 is 0 Å². The lowest BCUT2D eigenvalue weighted by atomic mass is 9.94. The molecule has 19 heavy (non-hydrogen) atoms. The molecule has 1 aromatic carbocycles. The number of benzene rings is 1. The van der Waals surface area contributed by atoms with Gasteiger partial charge < -0.3 is 10.2 Å². The normalized spacial score (nSPS) is 18.1. The summed E-state index contributed by atoms with van der Waals surface area (Å²) in [6.45, 7) is 1.93. The summed E-state index contributed by atoms with van der Waals surface area (Å²) in [5.41, 5.74) is 1.31. The van der Waals surface area contributed by atoms with Gasteiger partial charge in [-0.2, -0.15) is 0 Å². The molecule has 2 rings (SSSR count). The quantitative estimate of drug-likeness (QED) is 0.669. The average Bonchev–Trinajstić information content (AvgIpc) is 2.48. The van der Waals surface area contributed by atoms with Crippen molar-refractivity contribution < 1.29 is 0 Å². The molecule has 0 bridgehead atoms. The highest BCUT2D eigenvalue weighted by molar-refractivity contribution is 7.80. The fourth-order valence-corrected chi connectivity index (χ4v) is 2.65. The molecular weight excluding hydrogens is 252 g/mol. The van der Waals surface area contributed by atoms with Gasteiger partial charge in [0.1, 0.15) is 0 Å². The van der Waals surface area contributed by atoms with Crippen LogP contribution in [0.1, 0.15) is 24.8 Å². The molecule has 1 unspecified atom stereocenters. The number of nitrogens with zero attached hydrogens (tertiary/aromatic N) is 1. The van der Waals surface area contributed by atoms with Crippen LogP contribution in [-0.2, 0) is 6.54 Å². The molecule has 1 atom stereocenters. The van der Waals surface area contributed by atoms with E-state index in [0.717, 1.165) is 24.1 Å². The maximum Gasteiger partial charge on any atom is 0.168 e. The van der Waals surface area contributed by atoms with Crippen LogP contribution >= 0.6 is 12.2 Å². The molecule has 0 aromatic heterocycles. The van der Waals surface area contributed by atoms with Gasteiger partial charge in [0.15, 0.2) is 5.11 Å². The molecule has 0 saturated heterocycles. The average molecular weight is 274 g/mol. The highest BCUT2D eigenvalue weighted by atomic mass is 32.1. The van der Waals surface area contributed by atoms with Crippen LogP contribution in [-0.4, -0.2) is 23.6 Å². The second-order valence-corrected chi connectivity index (χ2v) is 5.46. The summed E-state index contributed by atoms with van der Waals surface area (Å²) in [5, 5.41) is 3.96. The van der Waals surface area contributed by atoms with E-state index in [1.165, 1.54) is 24.8 Å². The van der Waals surface area contributed by atoms with Crippen molar-refractivity contribution in [3.63, 3.8) is 0 Å². The van der Waals surface area contributed by atoms with Crippen LogP contribution in [0.25, 0.3) is 0 Å². The van der Waals surface area contributed by atoms with Gasteiger partial charge in [0.25, 0.3) is 0 Å². The number of nitrogens with one attached hydrogen (secondary N) is 1. The smallest absolute Gasteiger partial charge is 0.168 e. The van der Waals surface area contributed by atoms with Crippen LogP contribution in [0.4, 0.5) is 0 Å². The van der Waals surface area contributed by atoms with Gasteiger partial charge in [-0.3, -0.25) is 0 Å². The molecule has 0 heterocycles. The van der Waals surface area contributed by atoms with Crippen molar-refractivity contribution in [2.75, 3.05) is 13.6 Å². The van der Waals surface area contributed by atoms with E-state index in [-0.39, 0.29) is 0 Å². The van der Waals surface area contributed by atoms with E-state index in [1.54, 1.807) is 0 Å². The molecule has 0 radical (unpaired) electrons. The molecule has 0 aliphatic heterocycles. The lowest BCUT2D eigenvalue weighted by Crippen LogP contribution is -2.40. The first-order valence-electron chi connectivity index (χ1n) is 6.95. The van der Waals surface area contributed by atoms with Crippen molar-refractivity contribution in [3.8, 4) is 0 Å². The Balaban J connectivity index is 1.99.